The monoisotopic (exact) mass is 431 g/mol. The molecule has 2 aromatic heterocycles. The Bertz CT molecular complexity index is 824. The van der Waals surface area contributed by atoms with Gasteiger partial charge in [0.05, 0.1) is 18.2 Å². The lowest BCUT2D eigenvalue weighted by atomic mass is 9.97. The Morgan fingerprint density at radius 2 is 2.10 bits per heavy atom. The van der Waals surface area contributed by atoms with Gasteiger partial charge < -0.3 is 15.5 Å². The van der Waals surface area contributed by atoms with E-state index in [2.05, 4.69) is 25.7 Å². The highest BCUT2D eigenvalue weighted by molar-refractivity contribution is 7.99. The number of thiophene rings is 1. The number of anilines is 1. The minimum Gasteiger partial charge on any atom is -0.354 e. The quantitative estimate of drug-likeness (QED) is 0.625. The molecule has 1 unspecified atom stereocenters. The molecule has 1 atom stereocenters. The van der Waals surface area contributed by atoms with Crippen LogP contribution >= 0.6 is 23.1 Å². The summed E-state index contributed by atoms with van der Waals surface area (Å²) < 4.78 is 0. The van der Waals surface area contributed by atoms with Crippen molar-refractivity contribution < 1.29 is 9.59 Å². The van der Waals surface area contributed by atoms with Crippen LogP contribution in [-0.2, 0) is 16.1 Å². The van der Waals surface area contributed by atoms with Crippen LogP contribution in [0.2, 0.25) is 0 Å². The molecule has 1 saturated carbocycles. The standard InChI is InChI=1S/C20H25N5O2S2/c26-18(21-11-16-4-2-10-28-16)13-29-19-8-7-17(23-24-19)25-9-1-3-14(12-25)20(27)22-15-5-6-15/h2,4,7-8,10,14-15H,1,3,5-6,9,11-13H2,(H,21,26)(H,22,27). The van der Waals surface area contributed by atoms with Crippen molar-refractivity contribution in [3.63, 3.8) is 0 Å². The van der Waals surface area contributed by atoms with Gasteiger partial charge >= 0.3 is 0 Å². The Hall–Kier alpha value is -2.13. The van der Waals surface area contributed by atoms with Crippen LogP contribution < -0.4 is 15.5 Å². The minimum atomic E-state index is -0.0187. The van der Waals surface area contributed by atoms with Crippen molar-refractivity contribution in [1.82, 2.24) is 20.8 Å². The second kappa shape index (κ2) is 9.58. The molecule has 0 aromatic carbocycles. The molecule has 1 aliphatic carbocycles. The van der Waals surface area contributed by atoms with Crippen molar-refractivity contribution in [2.24, 2.45) is 5.92 Å². The number of thioether (sulfide) groups is 1. The molecule has 2 amide bonds. The van der Waals surface area contributed by atoms with Crippen LogP contribution in [0.25, 0.3) is 0 Å². The van der Waals surface area contributed by atoms with Crippen LogP contribution in [0.3, 0.4) is 0 Å². The van der Waals surface area contributed by atoms with Gasteiger partial charge in [0.25, 0.3) is 0 Å². The molecule has 9 heteroatoms. The molecule has 7 nitrogen and oxygen atoms in total. The van der Waals surface area contributed by atoms with Gasteiger partial charge in [-0.05, 0) is 49.3 Å². The van der Waals surface area contributed by atoms with Crippen molar-refractivity contribution in [2.45, 2.75) is 43.3 Å². The molecule has 29 heavy (non-hydrogen) atoms. The maximum absolute atomic E-state index is 12.3. The van der Waals surface area contributed by atoms with E-state index in [-0.39, 0.29) is 17.7 Å². The lowest BCUT2D eigenvalue weighted by Gasteiger charge is -2.32. The molecule has 0 spiro atoms. The molecule has 154 valence electrons. The third-order valence-corrected chi connectivity index (χ3v) is 6.85. The van der Waals surface area contributed by atoms with Crippen molar-refractivity contribution in [2.75, 3.05) is 23.7 Å². The van der Waals surface area contributed by atoms with Gasteiger partial charge in [0.2, 0.25) is 11.8 Å². The van der Waals surface area contributed by atoms with Crippen LogP contribution in [-0.4, -0.2) is 46.9 Å². The zero-order chi connectivity index (χ0) is 20.1. The summed E-state index contributed by atoms with van der Waals surface area (Å²) in [6.07, 6.45) is 4.13. The van der Waals surface area contributed by atoms with E-state index < -0.39 is 0 Å². The highest BCUT2D eigenvalue weighted by Gasteiger charge is 2.30. The van der Waals surface area contributed by atoms with E-state index in [1.807, 2.05) is 29.6 Å². The molecule has 0 radical (unpaired) electrons. The van der Waals surface area contributed by atoms with Crippen molar-refractivity contribution in [1.29, 1.82) is 0 Å². The number of piperidine rings is 1. The first-order valence-electron chi connectivity index (χ1n) is 9.98. The molecule has 4 rings (SSSR count). The summed E-state index contributed by atoms with van der Waals surface area (Å²) in [6, 6.07) is 8.20. The number of hydrogen-bond donors (Lipinski definition) is 2. The number of rotatable bonds is 8. The number of amides is 2. The molecule has 3 heterocycles. The molecular weight excluding hydrogens is 406 g/mol. The molecule has 2 aliphatic rings. The fourth-order valence-electron chi connectivity index (χ4n) is 3.29. The zero-order valence-electron chi connectivity index (χ0n) is 16.2. The molecule has 1 aliphatic heterocycles. The van der Waals surface area contributed by atoms with Gasteiger partial charge in [0, 0.05) is 24.0 Å². The Morgan fingerprint density at radius 3 is 2.83 bits per heavy atom. The third-order valence-electron chi connectivity index (χ3n) is 5.06. The van der Waals surface area contributed by atoms with Gasteiger partial charge in [-0.3, -0.25) is 9.59 Å². The third kappa shape index (κ3) is 5.93. The summed E-state index contributed by atoms with van der Waals surface area (Å²) in [5.74, 6) is 1.28. The minimum absolute atomic E-state index is 0.0187. The second-order valence-corrected chi connectivity index (χ2v) is 9.47. The fourth-order valence-corrected chi connectivity index (χ4v) is 4.58. The first-order chi connectivity index (χ1) is 14.2. The van der Waals surface area contributed by atoms with Crippen molar-refractivity contribution in [3.8, 4) is 0 Å². The topological polar surface area (TPSA) is 87.2 Å². The molecule has 2 N–H and O–H groups in total. The predicted molar refractivity (Wildman–Crippen MR) is 115 cm³/mol. The van der Waals surface area contributed by atoms with Gasteiger partial charge in [0.1, 0.15) is 5.03 Å². The summed E-state index contributed by atoms with van der Waals surface area (Å²) in [4.78, 5) is 27.6. The van der Waals surface area contributed by atoms with E-state index in [4.69, 9.17) is 0 Å². The predicted octanol–water partition coefficient (Wildman–Crippen LogP) is 2.44. The van der Waals surface area contributed by atoms with Crippen LogP contribution in [0.5, 0.6) is 0 Å². The van der Waals surface area contributed by atoms with Crippen LogP contribution in [0, 0.1) is 5.92 Å². The molecule has 2 fully saturated rings. The second-order valence-electron chi connectivity index (χ2n) is 7.44. The van der Waals surface area contributed by atoms with E-state index >= 15 is 0 Å². The van der Waals surface area contributed by atoms with E-state index in [9.17, 15) is 9.59 Å². The summed E-state index contributed by atoms with van der Waals surface area (Å²) in [5, 5.41) is 17.3. The van der Waals surface area contributed by atoms with E-state index in [0.717, 1.165) is 47.9 Å². The molecule has 0 bridgehead atoms. The number of aromatic nitrogens is 2. The number of nitrogens with zero attached hydrogens (tertiary/aromatic N) is 3. The first kappa shape index (κ1) is 20.2. The molecular formula is C20H25N5O2S2. The largest absolute Gasteiger partial charge is 0.354 e. The molecule has 1 saturated heterocycles. The number of hydrogen-bond acceptors (Lipinski definition) is 7. The van der Waals surface area contributed by atoms with Gasteiger partial charge in [0.15, 0.2) is 5.82 Å². The average molecular weight is 432 g/mol. The number of carbonyl (C=O) groups is 2. The highest BCUT2D eigenvalue weighted by atomic mass is 32.2. The van der Waals surface area contributed by atoms with Crippen molar-refractivity contribution in [3.05, 3.63) is 34.5 Å². The van der Waals surface area contributed by atoms with Gasteiger partial charge in [-0.2, -0.15) is 0 Å². The average Bonchev–Trinajstić information content (AvgIpc) is 3.41. The smallest absolute Gasteiger partial charge is 0.230 e. The van der Waals surface area contributed by atoms with E-state index in [1.54, 1.807) is 11.3 Å². The Kier molecular flexibility index (Phi) is 6.66. The van der Waals surface area contributed by atoms with Crippen LogP contribution in [0.1, 0.15) is 30.6 Å². The first-order valence-corrected chi connectivity index (χ1v) is 11.8. The lowest BCUT2D eigenvalue weighted by molar-refractivity contribution is -0.125. The van der Waals surface area contributed by atoms with E-state index in [1.165, 1.54) is 11.8 Å². The Labute approximate surface area is 178 Å². The van der Waals surface area contributed by atoms with Crippen LogP contribution in [0.4, 0.5) is 5.82 Å². The van der Waals surface area contributed by atoms with E-state index in [0.29, 0.717) is 24.9 Å². The van der Waals surface area contributed by atoms with Gasteiger partial charge in [-0.15, -0.1) is 21.5 Å². The molecule has 2 aromatic rings. The van der Waals surface area contributed by atoms with Gasteiger partial charge in [-0.1, -0.05) is 17.8 Å². The Balaban J connectivity index is 1.23. The van der Waals surface area contributed by atoms with Gasteiger partial charge in [-0.25, -0.2) is 0 Å². The maximum atomic E-state index is 12.3. The summed E-state index contributed by atoms with van der Waals surface area (Å²) in [5.41, 5.74) is 0. The lowest BCUT2D eigenvalue weighted by Crippen LogP contribution is -2.44. The van der Waals surface area contributed by atoms with Crippen molar-refractivity contribution >= 4 is 40.7 Å². The summed E-state index contributed by atoms with van der Waals surface area (Å²) in [6.45, 7) is 2.14. The number of carbonyl (C=O) groups excluding carboxylic acids is 2. The normalized spacial score (nSPS) is 19.0. The number of nitrogens with one attached hydrogen (secondary N) is 2. The summed E-state index contributed by atoms with van der Waals surface area (Å²) in [7, 11) is 0. The SMILES string of the molecule is O=C(CSc1ccc(N2CCCC(C(=O)NC3CC3)C2)nn1)NCc1cccs1. The summed E-state index contributed by atoms with van der Waals surface area (Å²) >= 11 is 3.00. The highest BCUT2D eigenvalue weighted by Crippen LogP contribution is 2.25. The fraction of sp³-hybridized carbons (Fsp3) is 0.500. The van der Waals surface area contributed by atoms with Crippen LogP contribution in [0.15, 0.2) is 34.7 Å². The zero-order valence-corrected chi connectivity index (χ0v) is 17.8. The Morgan fingerprint density at radius 1 is 1.21 bits per heavy atom. The maximum Gasteiger partial charge on any atom is 0.230 e.